The van der Waals surface area contributed by atoms with Gasteiger partial charge >= 0.3 is 6.09 Å². The maximum absolute atomic E-state index is 13.6. The fraction of sp³-hybridized carbons (Fsp3) is 0.429. The van der Waals surface area contributed by atoms with Crippen molar-refractivity contribution in [1.82, 2.24) is 9.80 Å². The smallest absolute Gasteiger partial charge is 0.418 e. The number of nitrogens with zero attached hydrogens (tertiary/aromatic N) is 2. The van der Waals surface area contributed by atoms with E-state index in [2.05, 4.69) is 5.32 Å². The molecule has 2 fully saturated rings. The number of imide groups is 1. The molecule has 1 heterocycles. The minimum absolute atomic E-state index is 0.00909. The molecule has 10 heteroatoms. The van der Waals surface area contributed by atoms with Crippen LogP contribution >= 0.6 is 0 Å². The lowest BCUT2D eigenvalue weighted by atomic mass is 9.94. The standard InChI is InChI=1S/C28H32N4O6/c1-17(19-7-8-19)31(14-18-5-3-2-4-6-18)24(34)15-32-26(36)28(38-27(32)37)12-11-20-13-21(9-10-22(20)28)30-25(35)23(29)16-33/h2-6,9-10,13,17,19,23,33H,7-8,11-12,14-16,29H2,1H3,(H,30,35)/t17-,23-,28?/m0/s1. The molecule has 2 aliphatic carbocycles. The lowest BCUT2D eigenvalue weighted by Crippen LogP contribution is -2.47. The van der Waals surface area contributed by atoms with E-state index in [1.807, 2.05) is 37.3 Å². The maximum atomic E-state index is 13.6. The molecule has 0 radical (unpaired) electrons. The normalized spacial score (nSPS) is 21.7. The molecule has 1 saturated heterocycles. The molecule has 2 aromatic carbocycles. The van der Waals surface area contributed by atoms with Gasteiger partial charge < -0.3 is 25.8 Å². The molecule has 0 bridgehead atoms. The number of ether oxygens (including phenoxy) is 1. The lowest BCUT2D eigenvalue weighted by molar-refractivity contribution is -0.143. The first-order valence-electron chi connectivity index (χ1n) is 12.9. The molecule has 5 rings (SSSR count). The van der Waals surface area contributed by atoms with E-state index >= 15 is 0 Å². The molecule has 200 valence electrons. The molecular weight excluding hydrogens is 488 g/mol. The largest absolute Gasteiger partial charge is 0.427 e. The van der Waals surface area contributed by atoms with Crippen molar-refractivity contribution in [3.63, 3.8) is 0 Å². The summed E-state index contributed by atoms with van der Waals surface area (Å²) in [5.41, 5.74) is 6.82. The minimum atomic E-state index is -1.48. The van der Waals surface area contributed by atoms with Crippen molar-refractivity contribution in [2.24, 2.45) is 11.7 Å². The van der Waals surface area contributed by atoms with Crippen LogP contribution in [-0.2, 0) is 37.7 Å². The van der Waals surface area contributed by atoms with Gasteiger partial charge in [0.05, 0.1) is 6.61 Å². The predicted molar refractivity (Wildman–Crippen MR) is 138 cm³/mol. The summed E-state index contributed by atoms with van der Waals surface area (Å²) in [6, 6.07) is 13.5. The van der Waals surface area contributed by atoms with Crippen LogP contribution in [0.4, 0.5) is 10.5 Å². The summed E-state index contributed by atoms with van der Waals surface area (Å²) < 4.78 is 5.68. The van der Waals surface area contributed by atoms with Crippen molar-refractivity contribution in [2.45, 2.75) is 56.8 Å². The van der Waals surface area contributed by atoms with Crippen molar-refractivity contribution in [1.29, 1.82) is 0 Å². The predicted octanol–water partition coefficient (Wildman–Crippen LogP) is 1.89. The zero-order valence-corrected chi connectivity index (χ0v) is 21.3. The number of aliphatic hydroxyl groups is 1. The second kappa shape index (κ2) is 10.2. The van der Waals surface area contributed by atoms with Crippen LogP contribution in [0.3, 0.4) is 0 Å². The average Bonchev–Trinajstić information content (AvgIpc) is 3.67. The number of nitrogens with two attached hydrogens (primary N) is 1. The number of fused-ring (bicyclic) bond motifs is 2. The molecule has 10 nitrogen and oxygen atoms in total. The first kappa shape index (κ1) is 25.9. The van der Waals surface area contributed by atoms with Gasteiger partial charge in [-0.3, -0.25) is 14.4 Å². The monoisotopic (exact) mass is 520 g/mol. The van der Waals surface area contributed by atoms with Crippen LogP contribution in [0.5, 0.6) is 0 Å². The van der Waals surface area contributed by atoms with E-state index in [-0.39, 0.29) is 24.9 Å². The van der Waals surface area contributed by atoms with Crippen LogP contribution in [-0.4, -0.2) is 64.0 Å². The number of aryl methyl sites for hydroxylation is 1. The summed E-state index contributed by atoms with van der Waals surface area (Å²) in [5, 5.41) is 11.7. The third-order valence-corrected chi connectivity index (χ3v) is 7.77. The topological polar surface area (TPSA) is 142 Å². The highest BCUT2D eigenvalue weighted by Gasteiger charge is 2.58. The number of carbonyl (C=O) groups is 4. The zero-order valence-electron chi connectivity index (χ0n) is 21.3. The molecule has 4 amide bonds. The van der Waals surface area contributed by atoms with E-state index in [4.69, 9.17) is 15.6 Å². The molecule has 1 saturated carbocycles. The molecule has 1 unspecified atom stereocenters. The summed E-state index contributed by atoms with van der Waals surface area (Å²) in [7, 11) is 0. The number of anilines is 1. The number of carbonyl (C=O) groups excluding carboxylic acids is 4. The summed E-state index contributed by atoms with van der Waals surface area (Å²) in [6.07, 6.45) is 1.97. The van der Waals surface area contributed by atoms with Gasteiger partial charge in [-0.05, 0) is 55.4 Å². The van der Waals surface area contributed by atoms with Crippen LogP contribution in [0.2, 0.25) is 0 Å². The molecule has 1 spiro atoms. The third kappa shape index (κ3) is 4.77. The molecule has 1 aliphatic heterocycles. The van der Waals surface area contributed by atoms with Crippen molar-refractivity contribution in [3.8, 4) is 0 Å². The SMILES string of the molecule is C[C@@H](C1CC1)N(Cc1ccccc1)C(=O)CN1C(=O)OC2(CCc3cc(NC(=O)[C@@H](N)CO)ccc32)C1=O. The number of hydrogen-bond donors (Lipinski definition) is 3. The molecule has 2 aromatic rings. The molecular formula is C28H32N4O6. The number of rotatable bonds is 9. The van der Waals surface area contributed by atoms with Gasteiger partial charge in [0.2, 0.25) is 17.4 Å². The number of benzene rings is 2. The van der Waals surface area contributed by atoms with Crippen LogP contribution < -0.4 is 11.1 Å². The van der Waals surface area contributed by atoms with E-state index in [0.717, 1.165) is 28.9 Å². The van der Waals surface area contributed by atoms with Crippen molar-refractivity contribution >= 4 is 29.5 Å². The molecule has 0 aromatic heterocycles. The van der Waals surface area contributed by atoms with Gasteiger partial charge in [0.25, 0.3) is 5.91 Å². The summed E-state index contributed by atoms with van der Waals surface area (Å²) in [6.45, 7) is 1.55. The van der Waals surface area contributed by atoms with E-state index in [0.29, 0.717) is 30.1 Å². The highest BCUT2D eigenvalue weighted by atomic mass is 16.6. The maximum Gasteiger partial charge on any atom is 0.418 e. The Morgan fingerprint density at radius 3 is 2.63 bits per heavy atom. The van der Waals surface area contributed by atoms with Crippen LogP contribution in [0.1, 0.15) is 42.9 Å². The quantitative estimate of drug-likeness (QED) is 0.458. The second-order valence-electron chi connectivity index (χ2n) is 10.3. The molecule has 4 N–H and O–H groups in total. The highest BCUT2D eigenvalue weighted by molar-refractivity contribution is 6.06. The van der Waals surface area contributed by atoms with Gasteiger partial charge in [0.15, 0.2) is 0 Å². The Morgan fingerprint density at radius 2 is 1.95 bits per heavy atom. The number of aliphatic hydroxyl groups excluding tert-OH is 1. The van der Waals surface area contributed by atoms with Crippen LogP contribution in [0, 0.1) is 5.92 Å². The Bertz CT molecular complexity index is 1260. The lowest BCUT2D eigenvalue weighted by Gasteiger charge is -2.30. The van der Waals surface area contributed by atoms with Crippen molar-refractivity contribution in [3.05, 3.63) is 65.2 Å². The van der Waals surface area contributed by atoms with E-state index < -0.39 is 36.2 Å². The first-order chi connectivity index (χ1) is 18.2. The Kier molecular flexibility index (Phi) is 6.93. The summed E-state index contributed by atoms with van der Waals surface area (Å²) in [4.78, 5) is 54.8. The van der Waals surface area contributed by atoms with Crippen molar-refractivity contribution < 1.29 is 29.0 Å². The Morgan fingerprint density at radius 1 is 1.21 bits per heavy atom. The Labute approximate surface area is 220 Å². The van der Waals surface area contributed by atoms with Gasteiger partial charge in [-0.15, -0.1) is 0 Å². The van der Waals surface area contributed by atoms with E-state index in [1.54, 1.807) is 23.1 Å². The van der Waals surface area contributed by atoms with E-state index in [9.17, 15) is 19.2 Å². The van der Waals surface area contributed by atoms with E-state index in [1.165, 1.54) is 0 Å². The molecule has 3 aliphatic rings. The Hall–Kier alpha value is -3.76. The highest BCUT2D eigenvalue weighted by Crippen LogP contribution is 2.46. The number of hydrogen-bond acceptors (Lipinski definition) is 7. The average molecular weight is 521 g/mol. The third-order valence-electron chi connectivity index (χ3n) is 7.77. The summed E-state index contributed by atoms with van der Waals surface area (Å²) in [5.74, 6) is -0.966. The van der Waals surface area contributed by atoms with Crippen LogP contribution in [0.15, 0.2) is 48.5 Å². The second-order valence-corrected chi connectivity index (χ2v) is 10.3. The first-order valence-corrected chi connectivity index (χ1v) is 12.9. The van der Waals surface area contributed by atoms with Crippen molar-refractivity contribution in [2.75, 3.05) is 18.5 Å². The van der Waals surface area contributed by atoms with Gasteiger partial charge in [-0.2, -0.15) is 0 Å². The molecule has 3 atom stereocenters. The molecule has 38 heavy (non-hydrogen) atoms. The van der Waals surface area contributed by atoms with Gasteiger partial charge in [-0.1, -0.05) is 36.4 Å². The summed E-state index contributed by atoms with van der Waals surface area (Å²) >= 11 is 0. The zero-order chi connectivity index (χ0) is 27.0. The van der Waals surface area contributed by atoms with Gasteiger partial charge in [-0.25, -0.2) is 9.69 Å². The number of amides is 4. The minimum Gasteiger partial charge on any atom is -0.427 e. The number of nitrogens with one attached hydrogen (secondary N) is 1. The van der Waals surface area contributed by atoms with Gasteiger partial charge in [0, 0.05) is 30.3 Å². The fourth-order valence-corrected chi connectivity index (χ4v) is 5.35. The van der Waals surface area contributed by atoms with Crippen LogP contribution in [0.25, 0.3) is 0 Å². The fourth-order valence-electron chi connectivity index (χ4n) is 5.35. The Balaban J connectivity index is 1.33. The van der Waals surface area contributed by atoms with Gasteiger partial charge in [0.1, 0.15) is 12.6 Å².